The van der Waals surface area contributed by atoms with Crippen LogP contribution in [0.5, 0.6) is 5.75 Å². The van der Waals surface area contributed by atoms with E-state index in [1.54, 1.807) is 36.4 Å². The van der Waals surface area contributed by atoms with Gasteiger partial charge in [-0.15, -0.1) is 0 Å². The second kappa shape index (κ2) is 12.0. The molecular formula is C32H31N3O7. The highest BCUT2D eigenvalue weighted by Gasteiger charge is 2.68. The number of hydrogen-bond donors (Lipinski definition) is 2. The van der Waals surface area contributed by atoms with Crippen LogP contribution in [0.3, 0.4) is 0 Å². The van der Waals surface area contributed by atoms with E-state index in [1.165, 1.54) is 24.3 Å². The Balaban J connectivity index is 1.51. The molecule has 0 bridgehead atoms. The molecule has 10 heteroatoms. The first kappa shape index (κ1) is 28.7. The third-order valence-corrected chi connectivity index (χ3v) is 7.87. The quantitative estimate of drug-likeness (QED) is 0.197. The highest BCUT2D eigenvalue weighted by atomic mass is 16.6. The van der Waals surface area contributed by atoms with Crippen LogP contribution in [0.15, 0.2) is 84.9 Å². The zero-order chi connectivity index (χ0) is 29.9. The Morgan fingerprint density at radius 3 is 2.36 bits per heavy atom. The number of aliphatic carboxylic acids is 1. The average molecular weight is 570 g/mol. The predicted molar refractivity (Wildman–Crippen MR) is 154 cm³/mol. The molecule has 0 saturated carbocycles. The van der Waals surface area contributed by atoms with Gasteiger partial charge in [-0.3, -0.25) is 34.7 Å². The number of carboxylic acid groups (broad SMARTS) is 1. The molecule has 2 saturated heterocycles. The molecule has 0 aromatic heterocycles. The zero-order valence-electron chi connectivity index (χ0n) is 23.0. The summed E-state index contributed by atoms with van der Waals surface area (Å²) in [5.41, 5.74) is 0.0873. The zero-order valence-corrected chi connectivity index (χ0v) is 23.0. The number of nitro benzene ring substituents is 1. The number of nitrogens with zero attached hydrogens (tertiary/aromatic N) is 2. The molecule has 4 atom stereocenters. The lowest BCUT2D eigenvalue weighted by molar-refractivity contribution is -0.384. The van der Waals surface area contributed by atoms with Crippen molar-refractivity contribution in [3.63, 3.8) is 0 Å². The number of nitro groups is 1. The predicted octanol–water partition coefficient (Wildman–Crippen LogP) is 4.41. The monoisotopic (exact) mass is 569 g/mol. The lowest BCUT2D eigenvalue weighted by Gasteiger charge is -2.31. The number of carbonyl (C=O) groups is 3. The lowest BCUT2D eigenvalue weighted by atomic mass is 9.76. The van der Waals surface area contributed by atoms with E-state index in [0.29, 0.717) is 23.5 Å². The number of imide groups is 1. The van der Waals surface area contributed by atoms with E-state index < -0.39 is 46.1 Å². The summed E-state index contributed by atoms with van der Waals surface area (Å²) in [5.74, 6) is -3.79. The van der Waals surface area contributed by atoms with Gasteiger partial charge in [-0.05, 0) is 35.2 Å². The maximum Gasteiger partial charge on any atom is 0.325 e. The molecule has 0 spiro atoms. The molecule has 2 fully saturated rings. The Morgan fingerprint density at radius 2 is 1.74 bits per heavy atom. The second-order valence-corrected chi connectivity index (χ2v) is 10.5. The molecule has 2 N–H and O–H groups in total. The number of nitrogens with one attached hydrogen (secondary N) is 1. The van der Waals surface area contributed by atoms with Crippen LogP contribution in [0.1, 0.15) is 36.1 Å². The molecule has 216 valence electrons. The van der Waals surface area contributed by atoms with Crippen LogP contribution in [0, 0.1) is 22.0 Å². The smallest absolute Gasteiger partial charge is 0.325 e. The van der Waals surface area contributed by atoms with Gasteiger partial charge in [0.15, 0.2) is 0 Å². The maximum atomic E-state index is 13.9. The first-order valence-electron chi connectivity index (χ1n) is 13.8. The highest BCUT2D eigenvalue weighted by molar-refractivity contribution is 6.09. The largest absolute Gasteiger partial charge is 0.494 e. The van der Waals surface area contributed by atoms with E-state index in [2.05, 4.69) is 5.32 Å². The molecule has 2 aliphatic heterocycles. The number of carbonyl (C=O) groups excluding carboxylic acids is 2. The number of ether oxygens (including phenoxy) is 1. The van der Waals surface area contributed by atoms with Crippen LogP contribution in [0.25, 0.3) is 6.08 Å². The maximum absolute atomic E-state index is 13.9. The van der Waals surface area contributed by atoms with Crippen LogP contribution in [0.2, 0.25) is 0 Å². The summed E-state index contributed by atoms with van der Waals surface area (Å²) in [5, 5.41) is 25.0. The average Bonchev–Trinajstić information content (AvgIpc) is 3.46. The molecule has 10 nitrogen and oxygen atoms in total. The van der Waals surface area contributed by atoms with Gasteiger partial charge in [0, 0.05) is 31.1 Å². The van der Waals surface area contributed by atoms with Gasteiger partial charge >= 0.3 is 5.97 Å². The van der Waals surface area contributed by atoms with Crippen molar-refractivity contribution in [3.8, 4) is 5.75 Å². The number of hydrogen-bond acceptors (Lipinski definition) is 7. The van der Waals surface area contributed by atoms with Gasteiger partial charge in [0.1, 0.15) is 11.3 Å². The van der Waals surface area contributed by atoms with Crippen molar-refractivity contribution in [2.45, 2.75) is 31.3 Å². The van der Waals surface area contributed by atoms with Crippen molar-refractivity contribution in [1.82, 2.24) is 10.2 Å². The fraction of sp³-hybridized carbons (Fsp3) is 0.281. The van der Waals surface area contributed by atoms with Gasteiger partial charge in [0.25, 0.3) is 5.69 Å². The van der Waals surface area contributed by atoms with Crippen molar-refractivity contribution in [3.05, 3.63) is 112 Å². The van der Waals surface area contributed by atoms with Crippen molar-refractivity contribution >= 4 is 29.5 Å². The molecule has 0 radical (unpaired) electrons. The summed E-state index contributed by atoms with van der Waals surface area (Å²) in [6, 6.07) is 21.3. The van der Waals surface area contributed by atoms with E-state index in [1.807, 2.05) is 37.3 Å². The van der Waals surface area contributed by atoms with Gasteiger partial charge in [0.2, 0.25) is 11.8 Å². The first-order valence-corrected chi connectivity index (χ1v) is 13.8. The minimum atomic E-state index is -1.83. The number of carboxylic acids is 1. The van der Waals surface area contributed by atoms with Gasteiger partial charge in [-0.2, -0.15) is 0 Å². The Kier molecular flexibility index (Phi) is 8.17. The fourth-order valence-electron chi connectivity index (χ4n) is 5.87. The molecule has 4 unspecified atom stereocenters. The third-order valence-electron chi connectivity index (χ3n) is 7.87. The number of likely N-dealkylation sites (tertiary alicyclic amines) is 1. The number of amides is 2. The Labute approximate surface area is 242 Å². The summed E-state index contributed by atoms with van der Waals surface area (Å²) in [4.78, 5) is 52.6. The molecule has 2 amide bonds. The number of rotatable bonds is 11. The molecular weight excluding hydrogens is 538 g/mol. The molecule has 2 heterocycles. The number of non-ortho nitro benzene ring substituents is 1. The second-order valence-electron chi connectivity index (χ2n) is 10.5. The standard InChI is InChI=1S/C32H31N3O7/c1-2-19-42-25-16-12-23(13-17-25)28-26-27(30(37)34(29(26)36)18-6-9-21-7-4-3-5-8-21)32(33-28,31(38)39)20-22-10-14-24(15-11-22)35(40)41/h3-17,26-28,33H,2,18-20H2,1H3,(H,38,39). The number of benzene rings is 3. The summed E-state index contributed by atoms with van der Waals surface area (Å²) in [6.07, 6.45) is 4.21. The van der Waals surface area contributed by atoms with Crippen LogP contribution < -0.4 is 10.1 Å². The Morgan fingerprint density at radius 1 is 1.05 bits per heavy atom. The first-order chi connectivity index (χ1) is 20.2. The van der Waals surface area contributed by atoms with Crippen molar-refractivity contribution in [2.24, 2.45) is 11.8 Å². The van der Waals surface area contributed by atoms with E-state index in [-0.39, 0.29) is 18.7 Å². The minimum absolute atomic E-state index is 0.00328. The van der Waals surface area contributed by atoms with Crippen LogP contribution in [-0.2, 0) is 20.8 Å². The Bertz CT molecular complexity index is 1510. The molecule has 3 aromatic carbocycles. The highest BCUT2D eigenvalue weighted by Crippen LogP contribution is 2.50. The topological polar surface area (TPSA) is 139 Å². The van der Waals surface area contributed by atoms with Crippen molar-refractivity contribution < 1.29 is 29.2 Å². The summed E-state index contributed by atoms with van der Waals surface area (Å²) in [7, 11) is 0. The van der Waals surface area contributed by atoms with E-state index in [9.17, 15) is 29.6 Å². The van der Waals surface area contributed by atoms with Crippen LogP contribution >= 0.6 is 0 Å². The SMILES string of the molecule is CCCOc1ccc(C2NC(Cc3ccc([N+](=O)[O-])cc3)(C(=O)O)C3C(=O)N(CC=Cc4ccccc4)C(=O)C23)cc1. The summed E-state index contributed by atoms with van der Waals surface area (Å²) < 4.78 is 5.68. The molecule has 42 heavy (non-hydrogen) atoms. The third kappa shape index (κ3) is 5.40. The molecule has 0 aliphatic carbocycles. The molecule has 2 aliphatic rings. The van der Waals surface area contributed by atoms with Crippen molar-refractivity contribution in [1.29, 1.82) is 0 Å². The normalized spacial score (nSPS) is 23.4. The van der Waals surface area contributed by atoms with Crippen molar-refractivity contribution in [2.75, 3.05) is 13.2 Å². The van der Waals surface area contributed by atoms with Gasteiger partial charge in [-0.1, -0.05) is 73.7 Å². The lowest BCUT2D eigenvalue weighted by Crippen LogP contribution is -2.57. The van der Waals surface area contributed by atoms with E-state index in [0.717, 1.165) is 16.9 Å². The van der Waals surface area contributed by atoms with E-state index in [4.69, 9.17) is 4.74 Å². The Hall–Kier alpha value is -4.83. The number of fused-ring (bicyclic) bond motifs is 1. The molecule has 5 rings (SSSR count). The fourth-order valence-corrected chi connectivity index (χ4v) is 5.87. The van der Waals surface area contributed by atoms with Crippen LogP contribution in [-0.4, -0.2) is 51.4 Å². The minimum Gasteiger partial charge on any atom is -0.494 e. The molecule has 3 aromatic rings. The van der Waals surface area contributed by atoms with Gasteiger partial charge in [-0.25, -0.2) is 0 Å². The van der Waals surface area contributed by atoms with E-state index >= 15 is 0 Å². The van der Waals surface area contributed by atoms with Gasteiger partial charge < -0.3 is 9.84 Å². The summed E-state index contributed by atoms with van der Waals surface area (Å²) in [6.45, 7) is 2.54. The van der Waals surface area contributed by atoms with Crippen LogP contribution in [0.4, 0.5) is 5.69 Å². The van der Waals surface area contributed by atoms with Gasteiger partial charge in [0.05, 0.1) is 23.4 Å². The summed E-state index contributed by atoms with van der Waals surface area (Å²) >= 11 is 0.